The average Bonchev–Trinajstić information content (AvgIpc) is 3.42. The molecule has 0 radical (unpaired) electrons. The Morgan fingerprint density at radius 1 is 1.07 bits per heavy atom. The first kappa shape index (κ1) is 35.4. The van der Waals surface area contributed by atoms with Gasteiger partial charge in [-0.1, -0.05) is 26.0 Å². The molecule has 3 aromatic heterocycles. The van der Waals surface area contributed by atoms with Gasteiger partial charge in [-0.15, -0.1) is 0 Å². The van der Waals surface area contributed by atoms with Crippen molar-refractivity contribution in [2.24, 2.45) is 0 Å². The van der Waals surface area contributed by atoms with Gasteiger partial charge in [0.05, 0.1) is 29.4 Å². The van der Waals surface area contributed by atoms with E-state index < -0.39 is 11.6 Å². The van der Waals surface area contributed by atoms with Crippen molar-refractivity contribution in [3.05, 3.63) is 82.4 Å². The number of pyridine rings is 2. The van der Waals surface area contributed by atoms with Crippen LogP contribution in [0.5, 0.6) is 0 Å². The summed E-state index contributed by atoms with van der Waals surface area (Å²) in [5.74, 6) is -0.830. The molecule has 3 heterocycles. The molecule has 0 atom stereocenters. The zero-order valence-electron chi connectivity index (χ0n) is 28.5. The van der Waals surface area contributed by atoms with E-state index in [2.05, 4.69) is 60.3 Å². The van der Waals surface area contributed by atoms with Crippen LogP contribution in [0.1, 0.15) is 108 Å². The summed E-state index contributed by atoms with van der Waals surface area (Å²) in [5.41, 5.74) is 10.6. The quantitative estimate of drug-likeness (QED) is 0.216. The van der Waals surface area contributed by atoms with Gasteiger partial charge in [-0.2, -0.15) is 5.10 Å². The smallest absolute Gasteiger partial charge is 0.307 e. The number of benzene rings is 1. The molecule has 0 aliphatic heterocycles. The van der Waals surface area contributed by atoms with Crippen LogP contribution in [-0.4, -0.2) is 41.5 Å². The second-order valence-electron chi connectivity index (χ2n) is 12.3. The van der Waals surface area contributed by atoms with Gasteiger partial charge in [0.15, 0.2) is 0 Å². The zero-order chi connectivity index (χ0) is 33.3. The molecule has 2 N–H and O–H groups in total. The standard InChI is InChI=1S/C32H34N4O2.C4H10O.C2H6/c1-5-36-30-12-11-25(16-26(30)19-34-36)29-17-24(13-14-33-29)20(2)15-27-21(3)35-22(4)28(18-31(37)38)32(27)23-9-7-6-8-10-23;1-4(2,3)5;1-2/h9,11-17,19H,5-8,10,18H2,1-4H3,(H,37,38);5H,1-3H3;1-2H3/b20-15+;;. The fourth-order valence-electron chi connectivity index (χ4n) is 5.51. The number of carboxylic acid groups (broad SMARTS) is 1. The van der Waals surface area contributed by atoms with Crippen molar-refractivity contribution in [3.8, 4) is 11.3 Å². The van der Waals surface area contributed by atoms with Crippen molar-refractivity contribution in [1.29, 1.82) is 0 Å². The molecule has 7 heteroatoms. The largest absolute Gasteiger partial charge is 0.481 e. The van der Waals surface area contributed by atoms with E-state index >= 15 is 0 Å². The lowest BCUT2D eigenvalue weighted by atomic mass is 9.85. The summed E-state index contributed by atoms with van der Waals surface area (Å²) >= 11 is 0. The number of aliphatic carboxylic acids is 1. The number of carbonyl (C=O) groups is 1. The summed E-state index contributed by atoms with van der Waals surface area (Å²) in [6.45, 7) is 18.2. The molecule has 240 valence electrons. The first-order chi connectivity index (χ1) is 21.4. The van der Waals surface area contributed by atoms with E-state index in [0.29, 0.717) is 0 Å². The van der Waals surface area contributed by atoms with Gasteiger partial charge in [0.25, 0.3) is 0 Å². The van der Waals surface area contributed by atoms with Crippen molar-refractivity contribution in [3.63, 3.8) is 0 Å². The van der Waals surface area contributed by atoms with E-state index in [1.54, 1.807) is 20.8 Å². The van der Waals surface area contributed by atoms with Gasteiger partial charge >= 0.3 is 5.97 Å². The van der Waals surface area contributed by atoms with Gasteiger partial charge in [0.1, 0.15) is 0 Å². The Morgan fingerprint density at radius 3 is 2.40 bits per heavy atom. The Morgan fingerprint density at radius 2 is 1.78 bits per heavy atom. The first-order valence-corrected chi connectivity index (χ1v) is 16.1. The summed E-state index contributed by atoms with van der Waals surface area (Å²) in [6, 6.07) is 10.5. The summed E-state index contributed by atoms with van der Waals surface area (Å²) in [4.78, 5) is 21.2. The zero-order valence-corrected chi connectivity index (χ0v) is 28.5. The molecule has 1 aliphatic carbocycles. The third kappa shape index (κ3) is 9.44. The maximum Gasteiger partial charge on any atom is 0.307 e. The Kier molecular flexibility index (Phi) is 12.4. The van der Waals surface area contributed by atoms with Crippen LogP contribution in [0, 0.1) is 13.8 Å². The third-order valence-corrected chi connectivity index (χ3v) is 7.49. The molecule has 0 saturated heterocycles. The monoisotopic (exact) mass is 610 g/mol. The molecule has 1 aromatic carbocycles. The maximum absolute atomic E-state index is 11.8. The highest BCUT2D eigenvalue weighted by Crippen LogP contribution is 2.36. The van der Waals surface area contributed by atoms with Crippen LogP contribution in [0.2, 0.25) is 0 Å². The van der Waals surface area contributed by atoms with Crippen LogP contribution in [-0.2, 0) is 17.8 Å². The molecule has 5 rings (SSSR count). The third-order valence-electron chi connectivity index (χ3n) is 7.49. The van der Waals surface area contributed by atoms with Gasteiger partial charge in [0, 0.05) is 40.6 Å². The molecule has 0 unspecified atom stereocenters. The number of allylic oxidation sites excluding steroid dienone is 3. The minimum absolute atomic E-state index is 0.0256. The van der Waals surface area contributed by atoms with Gasteiger partial charge in [-0.3, -0.25) is 19.4 Å². The van der Waals surface area contributed by atoms with Crippen molar-refractivity contribution < 1.29 is 15.0 Å². The van der Waals surface area contributed by atoms with Gasteiger partial charge in [-0.05, 0) is 132 Å². The number of nitrogens with zero attached hydrogens (tertiary/aromatic N) is 4. The second kappa shape index (κ2) is 15.8. The van der Waals surface area contributed by atoms with Crippen LogP contribution in [0.15, 0.2) is 48.8 Å². The number of carboxylic acids is 1. The number of aryl methyl sites for hydroxylation is 3. The highest BCUT2D eigenvalue weighted by Gasteiger charge is 2.21. The lowest BCUT2D eigenvalue weighted by Gasteiger charge is -2.22. The summed E-state index contributed by atoms with van der Waals surface area (Å²) in [5, 5.41) is 23.8. The molecule has 4 aromatic rings. The minimum Gasteiger partial charge on any atom is -0.481 e. The Balaban J connectivity index is 0.000000719. The Labute approximate surface area is 268 Å². The molecule has 0 spiro atoms. The van der Waals surface area contributed by atoms with Crippen LogP contribution in [0.25, 0.3) is 39.4 Å². The van der Waals surface area contributed by atoms with Gasteiger partial charge < -0.3 is 10.2 Å². The fourth-order valence-corrected chi connectivity index (χ4v) is 5.51. The topological polar surface area (TPSA) is 101 Å². The van der Waals surface area contributed by atoms with E-state index in [-0.39, 0.29) is 6.42 Å². The summed E-state index contributed by atoms with van der Waals surface area (Å²) in [7, 11) is 0. The van der Waals surface area contributed by atoms with Gasteiger partial charge in [-0.25, -0.2) is 0 Å². The minimum atomic E-state index is -0.830. The molecule has 45 heavy (non-hydrogen) atoms. The number of hydrogen-bond donors (Lipinski definition) is 2. The summed E-state index contributed by atoms with van der Waals surface area (Å²) in [6.07, 6.45) is 12.5. The lowest BCUT2D eigenvalue weighted by molar-refractivity contribution is -0.136. The molecule has 0 amide bonds. The molecule has 0 saturated carbocycles. The summed E-state index contributed by atoms with van der Waals surface area (Å²) < 4.78 is 1.99. The molecule has 1 aliphatic rings. The Bertz CT molecular complexity index is 1680. The van der Waals surface area contributed by atoms with E-state index in [0.717, 1.165) is 87.2 Å². The SMILES string of the molecule is CC.CC(C)(C)O.CCn1ncc2cc(-c3cc(/C(C)=C/c4c(C)nc(C)c(CC(=O)O)c4C4=CCCCC4)ccn3)ccc21. The van der Waals surface area contributed by atoms with Crippen molar-refractivity contribution in [1.82, 2.24) is 19.7 Å². The van der Waals surface area contributed by atoms with Crippen LogP contribution in [0.4, 0.5) is 0 Å². The van der Waals surface area contributed by atoms with Crippen molar-refractivity contribution >= 4 is 34.1 Å². The predicted octanol–water partition coefficient (Wildman–Crippen LogP) is 9.08. The molecule has 7 nitrogen and oxygen atoms in total. The average molecular weight is 611 g/mol. The number of aliphatic hydroxyl groups is 1. The second-order valence-corrected chi connectivity index (χ2v) is 12.3. The Hall–Kier alpha value is -4.10. The van der Waals surface area contributed by atoms with E-state index in [1.807, 2.05) is 50.8 Å². The predicted molar refractivity (Wildman–Crippen MR) is 187 cm³/mol. The van der Waals surface area contributed by atoms with Gasteiger partial charge in [0.2, 0.25) is 0 Å². The highest BCUT2D eigenvalue weighted by molar-refractivity contribution is 5.89. The number of aromatic nitrogens is 4. The first-order valence-electron chi connectivity index (χ1n) is 16.1. The number of hydrogen-bond acceptors (Lipinski definition) is 5. The molecular formula is C38H50N4O3. The highest BCUT2D eigenvalue weighted by atomic mass is 16.4. The van der Waals surface area contributed by atoms with Crippen molar-refractivity contribution in [2.75, 3.05) is 0 Å². The van der Waals surface area contributed by atoms with E-state index in [9.17, 15) is 9.90 Å². The molecular weight excluding hydrogens is 560 g/mol. The molecule has 0 fully saturated rings. The fraction of sp³-hybridized carbons (Fsp3) is 0.421. The van der Waals surface area contributed by atoms with Crippen LogP contribution in [0.3, 0.4) is 0 Å². The van der Waals surface area contributed by atoms with Crippen LogP contribution >= 0.6 is 0 Å². The maximum atomic E-state index is 11.8. The van der Waals surface area contributed by atoms with E-state index in [4.69, 9.17) is 10.1 Å². The number of rotatable bonds is 7. The lowest BCUT2D eigenvalue weighted by Crippen LogP contribution is -2.11. The van der Waals surface area contributed by atoms with Crippen molar-refractivity contribution in [2.45, 2.75) is 107 Å². The van der Waals surface area contributed by atoms with E-state index in [1.165, 1.54) is 12.0 Å². The van der Waals surface area contributed by atoms with Crippen LogP contribution < -0.4 is 0 Å². The number of fused-ring (bicyclic) bond motifs is 1. The normalized spacial score (nSPS) is 13.4. The molecule has 0 bridgehead atoms.